The number of hydrogen-bond donors (Lipinski definition) is 0. The average molecular weight is 520 g/mol. The van der Waals surface area contributed by atoms with E-state index in [0.29, 0.717) is 12.1 Å². The molecule has 166 valence electrons. The molecule has 2 atom stereocenters. The number of benzene rings is 2. The standard InChI is InChI=1S/C23H31N2.C4H3S.Ru/c1-14-9-16(3)22(17(4)10-14)24-13-25(21(8)20(24)7)23-18(5)11-15(2)12-19(23)6;1-2-4-5-3-1;/h9-13,20-21H,1-8H3;1-3H;/q2*-1;+2. The van der Waals surface area contributed by atoms with Crippen LogP contribution in [-0.4, -0.2) is 12.1 Å². The molecule has 0 saturated carbocycles. The molecule has 2 heterocycles. The normalized spacial score (nSPS) is 17.8. The van der Waals surface area contributed by atoms with Gasteiger partial charge in [0.25, 0.3) is 0 Å². The van der Waals surface area contributed by atoms with Crippen molar-refractivity contribution in [3.05, 3.63) is 87.2 Å². The van der Waals surface area contributed by atoms with Crippen LogP contribution < -0.4 is 9.80 Å². The fourth-order valence-corrected chi connectivity index (χ4v) is 5.08. The van der Waals surface area contributed by atoms with Gasteiger partial charge in [-0.2, -0.15) is 18.1 Å². The predicted octanol–water partition coefficient (Wildman–Crippen LogP) is 7.31. The van der Waals surface area contributed by atoms with Gasteiger partial charge in [0.05, 0.1) is 0 Å². The summed E-state index contributed by atoms with van der Waals surface area (Å²) in [6.07, 6.45) is 0. The third-order valence-corrected chi connectivity index (χ3v) is 6.56. The number of thiophene rings is 1. The molecule has 1 fully saturated rings. The molecule has 1 saturated heterocycles. The van der Waals surface area contributed by atoms with E-state index in [0.717, 1.165) is 0 Å². The smallest absolute Gasteiger partial charge is 0.499 e. The van der Waals surface area contributed by atoms with Crippen molar-refractivity contribution in [1.82, 2.24) is 0 Å². The average Bonchev–Trinajstić information content (AvgIpc) is 3.30. The zero-order chi connectivity index (χ0) is 22.0. The van der Waals surface area contributed by atoms with E-state index in [1.54, 1.807) is 11.3 Å². The third kappa shape index (κ3) is 5.59. The zero-order valence-corrected chi connectivity index (χ0v) is 22.5. The molecule has 0 amide bonds. The Labute approximate surface area is 206 Å². The van der Waals surface area contributed by atoms with Gasteiger partial charge in [-0.1, -0.05) is 35.4 Å². The molecule has 2 unspecified atom stereocenters. The molecule has 0 N–H and O–H groups in total. The zero-order valence-electron chi connectivity index (χ0n) is 19.9. The molecular weight excluding hydrogens is 485 g/mol. The summed E-state index contributed by atoms with van der Waals surface area (Å²) in [4.78, 5) is 4.93. The molecule has 31 heavy (non-hydrogen) atoms. The molecule has 1 aliphatic heterocycles. The van der Waals surface area contributed by atoms with Crippen molar-refractivity contribution in [1.29, 1.82) is 0 Å². The van der Waals surface area contributed by atoms with Crippen LogP contribution >= 0.6 is 11.3 Å². The first-order valence-corrected chi connectivity index (χ1v) is 11.6. The minimum Gasteiger partial charge on any atom is -0.499 e. The molecule has 4 rings (SSSR count). The van der Waals surface area contributed by atoms with Gasteiger partial charge in [0, 0.05) is 23.5 Å². The third-order valence-electron chi connectivity index (χ3n) is 5.99. The topological polar surface area (TPSA) is 6.48 Å². The van der Waals surface area contributed by atoms with E-state index >= 15 is 0 Å². The van der Waals surface area contributed by atoms with Gasteiger partial charge in [0.1, 0.15) is 0 Å². The summed E-state index contributed by atoms with van der Waals surface area (Å²) in [5.41, 5.74) is 10.8. The number of hydrogen-bond acceptors (Lipinski definition) is 3. The minimum atomic E-state index is 0. The molecule has 2 aromatic carbocycles. The Balaban J connectivity index is 0.000000501. The summed E-state index contributed by atoms with van der Waals surface area (Å²) in [6, 6.07) is 13.9. The second-order valence-electron chi connectivity index (χ2n) is 8.64. The SMILES string of the molecule is Cc1cc(C)c(N2[CH-]N(c3c(C)cc(C)cc3C)C(C)C2C)c(C)c1.[Ru+2].[c-]1cccs1. The molecule has 0 aliphatic carbocycles. The van der Waals surface area contributed by atoms with Crippen molar-refractivity contribution in [2.75, 3.05) is 9.80 Å². The Bertz CT molecular complexity index is 866. The van der Waals surface area contributed by atoms with Crippen LogP contribution in [0.4, 0.5) is 11.4 Å². The summed E-state index contributed by atoms with van der Waals surface area (Å²) in [5.74, 6) is 0. The summed E-state index contributed by atoms with van der Waals surface area (Å²) in [5, 5.41) is 4.89. The Hall–Kier alpha value is -1.64. The van der Waals surface area contributed by atoms with Crippen molar-refractivity contribution in [2.24, 2.45) is 0 Å². The first-order valence-electron chi connectivity index (χ1n) is 10.7. The van der Waals surface area contributed by atoms with Gasteiger partial charge in [-0.05, 0) is 77.6 Å². The number of rotatable bonds is 2. The van der Waals surface area contributed by atoms with E-state index in [1.807, 2.05) is 17.5 Å². The molecule has 0 radical (unpaired) electrons. The van der Waals surface area contributed by atoms with Gasteiger partial charge in [-0.3, -0.25) is 0 Å². The van der Waals surface area contributed by atoms with Gasteiger partial charge in [0.2, 0.25) is 0 Å². The molecular formula is C27H34N2RuS. The maximum absolute atomic E-state index is 2.90. The maximum atomic E-state index is 2.90. The summed E-state index contributed by atoms with van der Waals surface area (Å²) in [7, 11) is 0. The van der Waals surface area contributed by atoms with Crippen LogP contribution in [0, 0.1) is 53.6 Å². The molecule has 4 heteroatoms. The Morgan fingerprint density at radius 2 is 1.13 bits per heavy atom. The molecule has 0 bridgehead atoms. The summed E-state index contributed by atoms with van der Waals surface area (Å²) < 4.78 is 0. The first kappa shape index (κ1) is 25.6. The maximum Gasteiger partial charge on any atom is 2.00 e. The van der Waals surface area contributed by atoms with Crippen LogP contribution in [0.15, 0.2) is 41.8 Å². The van der Waals surface area contributed by atoms with Crippen LogP contribution in [0.25, 0.3) is 0 Å². The van der Waals surface area contributed by atoms with Crippen molar-refractivity contribution < 1.29 is 19.5 Å². The van der Waals surface area contributed by atoms with E-state index in [9.17, 15) is 0 Å². The quantitative estimate of drug-likeness (QED) is 0.259. The van der Waals surface area contributed by atoms with Gasteiger partial charge in [0.15, 0.2) is 0 Å². The largest absolute Gasteiger partial charge is 2.00 e. The summed E-state index contributed by atoms with van der Waals surface area (Å²) in [6.45, 7) is 20.3. The Kier molecular flexibility index (Phi) is 8.92. The van der Waals surface area contributed by atoms with Crippen LogP contribution in [0.3, 0.4) is 0 Å². The molecule has 1 aromatic heterocycles. The number of nitrogens with zero attached hydrogens (tertiary/aromatic N) is 2. The van der Waals surface area contributed by atoms with Crippen LogP contribution in [0.5, 0.6) is 0 Å². The van der Waals surface area contributed by atoms with Crippen LogP contribution in [0.2, 0.25) is 0 Å². The van der Waals surface area contributed by atoms with E-state index in [-0.39, 0.29) is 19.5 Å². The van der Waals surface area contributed by atoms with Crippen molar-refractivity contribution in [2.45, 2.75) is 67.5 Å². The second-order valence-corrected chi connectivity index (χ2v) is 9.38. The van der Waals surface area contributed by atoms with Gasteiger partial charge in [-0.25, -0.2) is 6.07 Å². The van der Waals surface area contributed by atoms with Gasteiger partial charge >= 0.3 is 19.5 Å². The Morgan fingerprint density at radius 3 is 1.39 bits per heavy atom. The summed E-state index contributed by atoms with van der Waals surface area (Å²) >= 11 is 1.59. The van der Waals surface area contributed by atoms with Crippen molar-refractivity contribution in [3.63, 3.8) is 0 Å². The van der Waals surface area contributed by atoms with E-state index in [2.05, 4.69) is 102 Å². The fraction of sp³-hybridized carbons (Fsp3) is 0.370. The van der Waals surface area contributed by atoms with Gasteiger partial charge in [-0.15, -0.1) is 5.38 Å². The fourth-order valence-electron chi connectivity index (χ4n) is 4.69. The molecule has 2 nitrogen and oxygen atoms in total. The van der Waals surface area contributed by atoms with Crippen molar-refractivity contribution in [3.8, 4) is 0 Å². The minimum absolute atomic E-state index is 0. The van der Waals surface area contributed by atoms with E-state index in [1.165, 1.54) is 44.8 Å². The van der Waals surface area contributed by atoms with Crippen molar-refractivity contribution >= 4 is 22.7 Å². The monoisotopic (exact) mass is 520 g/mol. The van der Waals surface area contributed by atoms with Crippen LogP contribution in [0.1, 0.15) is 47.2 Å². The first-order chi connectivity index (χ1) is 14.2. The van der Waals surface area contributed by atoms with Crippen LogP contribution in [-0.2, 0) is 19.5 Å². The predicted molar refractivity (Wildman–Crippen MR) is 133 cm³/mol. The molecule has 0 spiro atoms. The second kappa shape index (κ2) is 10.8. The van der Waals surface area contributed by atoms with E-state index in [4.69, 9.17) is 0 Å². The van der Waals surface area contributed by atoms with E-state index < -0.39 is 0 Å². The number of aryl methyl sites for hydroxylation is 6. The molecule has 3 aromatic rings. The van der Waals surface area contributed by atoms with Gasteiger partial charge < -0.3 is 21.1 Å². The molecule has 1 aliphatic rings. The Morgan fingerprint density at radius 1 is 0.742 bits per heavy atom. The number of anilines is 2.